The number of thioether (sulfide) groups is 1. The number of fused-ring (bicyclic) bond motifs is 1. The molecule has 10 nitrogen and oxygen atoms in total. The maximum Gasteiger partial charge on any atom is 0.338 e. The molecule has 0 bridgehead atoms. The number of esters is 1. The molecule has 60 heavy (non-hydrogen) atoms. The molecule has 2 heterocycles. The molecule has 6 rings (SSSR count). The Morgan fingerprint density at radius 2 is 1.48 bits per heavy atom. The molecule has 0 aliphatic carbocycles. The number of carbonyl (C=O) groups is 2. The van der Waals surface area contributed by atoms with Gasteiger partial charge in [0.05, 0.1) is 25.9 Å². The van der Waals surface area contributed by atoms with Crippen molar-refractivity contribution in [1.82, 2.24) is 15.5 Å². The molecule has 0 spiro atoms. The third-order valence-corrected chi connectivity index (χ3v) is 17.9. The number of hydrogen-bond acceptors (Lipinski definition) is 10. The first-order valence-electron chi connectivity index (χ1n) is 20.7. The van der Waals surface area contributed by atoms with Gasteiger partial charge in [-0.25, -0.2) is 4.79 Å². The average molecular weight is 850 g/mol. The van der Waals surface area contributed by atoms with Crippen LogP contribution in [0, 0.1) is 25.7 Å². The number of cyclic esters (lactones) is 1. The van der Waals surface area contributed by atoms with Crippen LogP contribution in [0.4, 0.5) is 0 Å². The number of aryl methyl sites for hydroxylation is 1. The van der Waals surface area contributed by atoms with Crippen molar-refractivity contribution >= 4 is 32.0 Å². The molecule has 2 atom stereocenters. The molecule has 0 saturated heterocycles. The topological polar surface area (TPSA) is 122 Å². The summed E-state index contributed by atoms with van der Waals surface area (Å²) in [5.74, 6) is 2.06. The summed E-state index contributed by atoms with van der Waals surface area (Å²) >= 11 is 1.54. The van der Waals surface area contributed by atoms with Crippen LogP contribution in [0.15, 0.2) is 102 Å². The van der Waals surface area contributed by atoms with E-state index < -0.39 is 25.9 Å². The van der Waals surface area contributed by atoms with Gasteiger partial charge in [0.1, 0.15) is 23.1 Å². The Morgan fingerprint density at radius 1 is 0.900 bits per heavy atom. The number of nitrogens with zero attached hydrogens (tertiary/aromatic N) is 2. The normalized spacial score (nSPS) is 17.3. The van der Waals surface area contributed by atoms with Crippen molar-refractivity contribution in [2.24, 2.45) is 11.8 Å². The summed E-state index contributed by atoms with van der Waals surface area (Å²) in [6.07, 6.45) is 0.528. The highest BCUT2D eigenvalue weighted by Gasteiger charge is 2.46. The molecule has 1 amide bonds. The quantitative estimate of drug-likeness (QED) is 0.0738. The molecule has 0 unspecified atom stereocenters. The Bertz CT molecular complexity index is 2120. The van der Waals surface area contributed by atoms with E-state index in [1.807, 2.05) is 67.6 Å². The van der Waals surface area contributed by atoms with Gasteiger partial charge >= 0.3 is 5.97 Å². The predicted molar refractivity (Wildman–Crippen MR) is 239 cm³/mol. The number of rotatable bonds is 12. The van der Waals surface area contributed by atoms with Gasteiger partial charge in [-0.1, -0.05) is 124 Å². The highest BCUT2D eigenvalue weighted by molar-refractivity contribution is 7.98. The van der Waals surface area contributed by atoms with Crippen molar-refractivity contribution in [3.05, 3.63) is 142 Å². The third kappa shape index (κ3) is 9.66. The van der Waals surface area contributed by atoms with Crippen LogP contribution in [-0.4, -0.2) is 56.4 Å². The van der Waals surface area contributed by atoms with Crippen molar-refractivity contribution in [2.75, 3.05) is 26.1 Å². The number of methoxy groups -OCH3 is 1. The van der Waals surface area contributed by atoms with Crippen molar-refractivity contribution in [2.45, 2.75) is 89.9 Å². The fourth-order valence-electron chi connectivity index (χ4n) is 7.61. The molecule has 1 aliphatic heterocycles. The van der Waals surface area contributed by atoms with E-state index in [9.17, 15) is 9.59 Å². The van der Waals surface area contributed by atoms with Crippen molar-refractivity contribution in [3.63, 3.8) is 0 Å². The summed E-state index contributed by atoms with van der Waals surface area (Å²) in [6, 6.07) is 31.7. The maximum absolute atomic E-state index is 14.7. The van der Waals surface area contributed by atoms with Gasteiger partial charge in [0, 0.05) is 41.0 Å². The summed E-state index contributed by atoms with van der Waals surface area (Å²) < 4.78 is 32.1. The molecule has 5 aromatic rings. The number of nitrogens with one attached hydrogen (secondary N) is 1. The molecule has 318 valence electrons. The van der Waals surface area contributed by atoms with E-state index in [1.165, 1.54) is 0 Å². The molecule has 0 saturated carbocycles. The number of aromatic nitrogens is 2. The van der Waals surface area contributed by atoms with Gasteiger partial charge in [-0.3, -0.25) is 4.79 Å². The second-order valence-corrected chi connectivity index (χ2v) is 22.5. The summed E-state index contributed by atoms with van der Waals surface area (Å²) in [5.41, 5.74) is 3.65. The first-order chi connectivity index (χ1) is 28.7. The van der Waals surface area contributed by atoms with E-state index in [0.29, 0.717) is 58.2 Å². The molecular weight excluding hydrogens is 791 g/mol. The van der Waals surface area contributed by atoms with Crippen LogP contribution in [0.1, 0.15) is 96.5 Å². The van der Waals surface area contributed by atoms with E-state index in [1.54, 1.807) is 25.8 Å². The number of carbonyl (C=O) groups excluding carboxylic acids is 2. The minimum Gasteiger partial charge on any atom is -0.543 e. The van der Waals surface area contributed by atoms with Crippen molar-refractivity contribution in [1.29, 1.82) is 0 Å². The zero-order valence-electron chi connectivity index (χ0n) is 36.4. The van der Waals surface area contributed by atoms with Gasteiger partial charge < -0.3 is 28.5 Å². The fraction of sp³-hybridized carbons (Fsp3) is 0.417. The lowest BCUT2D eigenvalue weighted by Gasteiger charge is -2.43. The number of benzene rings is 4. The van der Waals surface area contributed by atoms with Crippen LogP contribution >= 0.6 is 11.8 Å². The smallest absolute Gasteiger partial charge is 0.338 e. The third-order valence-electron chi connectivity index (χ3n) is 12.4. The molecule has 0 fully saturated rings. The highest BCUT2D eigenvalue weighted by Crippen LogP contribution is 2.47. The summed E-state index contributed by atoms with van der Waals surface area (Å²) in [7, 11) is -0.869. The summed E-state index contributed by atoms with van der Waals surface area (Å²) in [4.78, 5) is 33.0. The van der Waals surface area contributed by atoms with Crippen LogP contribution in [-0.2, 0) is 25.6 Å². The Balaban J connectivity index is 1.42. The lowest BCUT2D eigenvalue weighted by molar-refractivity contribution is -0.122. The minimum atomic E-state index is -2.47. The summed E-state index contributed by atoms with van der Waals surface area (Å²) in [6.45, 7) is 17.2. The average Bonchev–Trinajstić information content (AvgIpc) is 3.68. The largest absolute Gasteiger partial charge is 0.543 e. The zero-order chi connectivity index (χ0) is 43.1. The Hall–Kier alpha value is -4.91. The van der Waals surface area contributed by atoms with Crippen LogP contribution in [0.25, 0.3) is 0 Å². The lowest BCUT2D eigenvalue weighted by Crippen LogP contribution is -2.48. The first-order valence-corrected chi connectivity index (χ1v) is 24.8. The van der Waals surface area contributed by atoms with Gasteiger partial charge in [-0.05, 0) is 61.0 Å². The van der Waals surface area contributed by atoms with Crippen LogP contribution in [0.2, 0.25) is 18.1 Å². The minimum absolute atomic E-state index is 0.00684. The van der Waals surface area contributed by atoms with Crippen LogP contribution in [0.3, 0.4) is 0 Å². The molecule has 1 aliphatic rings. The molecule has 0 radical (unpaired) electrons. The number of amides is 1. The van der Waals surface area contributed by atoms with E-state index >= 15 is 0 Å². The first kappa shape index (κ1) is 44.6. The maximum atomic E-state index is 14.7. The van der Waals surface area contributed by atoms with Crippen LogP contribution < -0.4 is 14.5 Å². The highest BCUT2D eigenvalue weighted by atomic mass is 32.2. The molecule has 4 aromatic carbocycles. The van der Waals surface area contributed by atoms with Crippen molar-refractivity contribution in [3.8, 4) is 11.5 Å². The standard InChI is InChI=1S/C48H59N3O7SSi/c1-32(2)47(5,6)60(8,9)58-42-27-41(54-7)33(3)44-39(42)30-59-31-40(45-49-34(4)51-57-45)50-43(52)26-25-35(28-55-46(44)53)29-56-48(36-19-13-10-14-20-36,37-21-15-11-16-22-37)38-23-17-12-18-24-38/h10-24,27,32,35,40H,25-26,28-31H2,1-9H3,(H,50,52)/t35-,40+/m1/s1. The van der Waals surface area contributed by atoms with Gasteiger partial charge in [-0.2, -0.15) is 16.7 Å². The zero-order valence-corrected chi connectivity index (χ0v) is 38.2. The molecule has 1 N–H and O–H groups in total. The molecule has 1 aromatic heterocycles. The van der Waals surface area contributed by atoms with E-state index in [-0.39, 0.29) is 36.5 Å². The van der Waals surface area contributed by atoms with Gasteiger partial charge in [0.2, 0.25) is 11.8 Å². The van der Waals surface area contributed by atoms with Gasteiger partial charge in [0.25, 0.3) is 8.32 Å². The van der Waals surface area contributed by atoms with E-state index in [4.69, 9.17) is 23.2 Å². The lowest BCUT2D eigenvalue weighted by atomic mass is 9.80. The Labute approximate surface area is 360 Å². The second-order valence-electron chi connectivity index (χ2n) is 17.0. The van der Waals surface area contributed by atoms with Gasteiger partial charge in [-0.15, -0.1) is 0 Å². The SMILES string of the molecule is COc1cc(O[Si](C)(C)C(C)(C)C(C)C)c2c(c1C)C(=O)OC[C@H](COC(c1ccccc1)(c1ccccc1)c1ccccc1)CCC(=O)N[C@H](c1nc(C)no1)CSC2. The van der Waals surface area contributed by atoms with Crippen molar-refractivity contribution < 1.29 is 32.7 Å². The van der Waals surface area contributed by atoms with E-state index in [0.717, 1.165) is 22.3 Å². The molecular formula is C48H59N3O7SSi. The monoisotopic (exact) mass is 849 g/mol. The molecule has 12 heteroatoms. The number of hydrogen-bond donors (Lipinski definition) is 1. The number of ether oxygens (including phenoxy) is 3. The summed E-state index contributed by atoms with van der Waals surface area (Å²) in [5, 5.41) is 7.08. The van der Waals surface area contributed by atoms with E-state index in [2.05, 4.69) is 92.6 Å². The second kappa shape index (κ2) is 19.2. The Kier molecular flexibility index (Phi) is 14.3. The van der Waals surface area contributed by atoms with Gasteiger partial charge in [0.15, 0.2) is 5.82 Å². The predicted octanol–water partition coefficient (Wildman–Crippen LogP) is 10.4. The Morgan fingerprint density at radius 3 is 2.00 bits per heavy atom. The van der Waals surface area contributed by atoms with Crippen LogP contribution in [0.5, 0.6) is 11.5 Å². The fourth-order valence-corrected chi connectivity index (χ4v) is 11.1.